The molecule has 0 saturated heterocycles. The third-order valence-electron chi connectivity index (χ3n) is 0.971. The van der Waals surface area contributed by atoms with Gasteiger partial charge in [-0.3, -0.25) is 0 Å². The Morgan fingerprint density at radius 1 is 1.50 bits per heavy atom. The van der Waals surface area contributed by atoms with Crippen molar-refractivity contribution in [3.05, 3.63) is 10.6 Å². The van der Waals surface area contributed by atoms with Gasteiger partial charge in [0.25, 0.3) is 0 Å². The van der Waals surface area contributed by atoms with Crippen LogP contribution in [0.5, 0.6) is 0 Å². The van der Waals surface area contributed by atoms with Crippen LogP contribution in [-0.4, -0.2) is 15.8 Å². The molecule has 2 nitrogen and oxygen atoms in total. The molecule has 0 bridgehead atoms. The molecule has 5 heteroatoms. The Kier molecular flexibility index (Phi) is 2.94. The van der Waals surface area contributed by atoms with Crippen LogP contribution in [0.15, 0.2) is 10.6 Å². The van der Waals surface area contributed by atoms with Crippen molar-refractivity contribution in [3.8, 4) is 0 Å². The molecule has 0 aromatic rings. The number of carbonyl (C=O) groups excluding carboxylic acids is 1. The van der Waals surface area contributed by atoms with E-state index in [1.165, 1.54) is 0 Å². The number of ether oxygens (including phenoxy) is 1. The summed E-state index contributed by atoms with van der Waals surface area (Å²) in [5.74, 6) is -0.336. The molecule has 1 aliphatic heterocycles. The molecule has 0 spiro atoms. The smallest absolute Gasteiger partial charge is 0.346 e. The van der Waals surface area contributed by atoms with Crippen molar-refractivity contribution in [2.45, 2.75) is 9.84 Å². The fourth-order valence-electron chi connectivity index (χ4n) is 0.507. The largest absolute Gasteiger partial charge is 0.445 e. The van der Waals surface area contributed by atoms with E-state index in [1.807, 2.05) is 0 Å². The third kappa shape index (κ3) is 1.83. The lowest BCUT2D eigenvalue weighted by Gasteiger charge is -2.19. The van der Waals surface area contributed by atoms with Gasteiger partial charge in [-0.15, -0.1) is 0 Å². The molecule has 0 fully saturated rings. The number of esters is 1. The van der Waals surface area contributed by atoms with E-state index in [4.69, 9.17) is 4.74 Å². The maximum atomic E-state index is 10.8. The highest BCUT2D eigenvalue weighted by molar-refractivity contribution is 9.12. The van der Waals surface area contributed by atoms with Crippen molar-refractivity contribution >= 4 is 53.8 Å². The molecule has 0 saturated carbocycles. The van der Waals surface area contributed by atoms with Crippen LogP contribution >= 0.6 is 47.8 Å². The molecule has 0 aromatic carbocycles. The fourth-order valence-corrected chi connectivity index (χ4v) is 1.93. The Morgan fingerprint density at radius 3 is 2.60 bits per heavy atom. The van der Waals surface area contributed by atoms with Crippen LogP contribution in [0.25, 0.3) is 0 Å². The van der Waals surface area contributed by atoms with Gasteiger partial charge in [-0.05, 0) is 37.9 Å². The summed E-state index contributed by atoms with van der Waals surface area (Å²) in [6.45, 7) is 0. The van der Waals surface area contributed by atoms with Gasteiger partial charge in [-0.2, -0.15) is 0 Å². The van der Waals surface area contributed by atoms with E-state index in [-0.39, 0.29) is 15.8 Å². The second-order valence-corrected chi connectivity index (χ2v) is 4.53. The molecule has 0 aromatic heterocycles. The van der Waals surface area contributed by atoms with Crippen LogP contribution in [0, 0.1) is 0 Å². The highest BCUT2D eigenvalue weighted by Crippen LogP contribution is 2.26. The number of rotatable bonds is 0. The van der Waals surface area contributed by atoms with E-state index in [2.05, 4.69) is 47.8 Å². The summed E-state index contributed by atoms with van der Waals surface area (Å²) in [7, 11) is 0. The molecular weight excluding hydrogens is 332 g/mol. The van der Waals surface area contributed by atoms with E-state index in [0.29, 0.717) is 4.48 Å². The van der Waals surface area contributed by atoms with Gasteiger partial charge in [0.2, 0.25) is 0 Å². The number of hydrogen-bond acceptors (Lipinski definition) is 2. The predicted octanol–water partition coefficient (Wildman–Crippen LogP) is 2.31. The standard InChI is InChI=1S/C5H3Br3O2/c6-2-1-3(7)5(9)10-4(2)8/h1-2,4H/t2-,4-/m0/s1. The average Bonchev–Trinajstić information content (AvgIpc) is 1.84. The highest BCUT2D eigenvalue weighted by Gasteiger charge is 2.25. The van der Waals surface area contributed by atoms with Crippen LogP contribution in [0.4, 0.5) is 0 Å². The summed E-state index contributed by atoms with van der Waals surface area (Å²) in [5, 5.41) is -0.263. The van der Waals surface area contributed by atoms with Crippen LogP contribution in [0.1, 0.15) is 0 Å². The number of cyclic esters (lactones) is 1. The quantitative estimate of drug-likeness (QED) is 0.502. The van der Waals surface area contributed by atoms with Crippen molar-refractivity contribution in [1.29, 1.82) is 0 Å². The Bertz CT molecular complexity index is 189. The maximum Gasteiger partial charge on any atom is 0.346 e. The van der Waals surface area contributed by atoms with Gasteiger partial charge >= 0.3 is 5.97 Å². The minimum Gasteiger partial charge on any atom is -0.445 e. The average molecular weight is 335 g/mol. The lowest BCUT2D eigenvalue weighted by molar-refractivity contribution is -0.139. The lowest BCUT2D eigenvalue weighted by atomic mass is 10.3. The number of alkyl halides is 2. The maximum absolute atomic E-state index is 10.8. The van der Waals surface area contributed by atoms with Gasteiger partial charge in [0.1, 0.15) is 0 Å². The molecule has 0 radical (unpaired) electrons. The minimum atomic E-state index is -0.336. The van der Waals surface area contributed by atoms with Crippen molar-refractivity contribution in [2.75, 3.05) is 0 Å². The van der Waals surface area contributed by atoms with Gasteiger partial charge in [-0.1, -0.05) is 15.9 Å². The first-order chi connectivity index (χ1) is 4.61. The lowest BCUT2D eigenvalue weighted by Crippen LogP contribution is -2.25. The Morgan fingerprint density at radius 2 is 2.10 bits per heavy atom. The zero-order chi connectivity index (χ0) is 7.72. The van der Waals surface area contributed by atoms with Crippen molar-refractivity contribution in [3.63, 3.8) is 0 Å². The van der Waals surface area contributed by atoms with Gasteiger partial charge in [0, 0.05) is 0 Å². The fraction of sp³-hybridized carbons (Fsp3) is 0.400. The predicted molar refractivity (Wildman–Crippen MR) is 48.5 cm³/mol. The molecule has 10 heavy (non-hydrogen) atoms. The van der Waals surface area contributed by atoms with Gasteiger partial charge < -0.3 is 4.74 Å². The Hall–Kier alpha value is 0.650. The number of hydrogen-bond donors (Lipinski definition) is 0. The van der Waals surface area contributed by atoms with Crippen molar-refractivity contribution < 1.29 is 9.53 Å². The molecule has 1 rings (SSSR count). The van der Waals surface area contributed by atoms with Crippen LogP contribution < -0.4 is 0 Å². The van der Waals surface area contributed by atoms with E-state index in [0.717, 1.165) is 0 Å². The van der Waals surface area contributed by atoms with E-state index < -0.39 is 0 Å². The van der Waals surface area contributed by atoms with Crippen LogP contribution in [0.2, 0.25) is 0 Å². The van der Waals surface area contributed by atoms with Gasteiger partial charge in [-0.25, -0.2) is 4.79 Å². The minimum absolute atomic E-state index is 0.0413. The Balaban J connectivity index is 2.79. The zero-order valence-electron chi connectivity index (χ0n) is 4.68. The number of halogens is 3. The number of carbonyl (C=O) groups is 1. The van der Waals surface area contributed by atoms with E-state index >= 15 is 0 Å². The summed E-state index contributed by atoms with van der Waals surface area (Å²) >= 11 is 9.51. The summed E-state index contributed by atoms with van der Waals surface area (Å²) in [4.78, 5) is 10.8. The molecule has 56 valence electrons. The highest BCUT2D eigenvalue weighted by atomic mass is 79.9. The van der Waals surface area contributed by atoms with Crippen molar-refractivity contribution in [1.82, 2.24) is 0 Å². The topological polar surface area (TPSA) is 26.3 Å². The first-order valence-electron chi connectivity index (χ1n) is 2.47. The molecule has 1 aliphatic rings. The second-order valence-electron chi connectivity index (χ2n) is 1.72. The normalized spacial score (nSPS) is 33.1. The summed E-state index contributed by atoms with van der Waals surface area (Å²) in [6.07, 6.45) is 1.74. The monoisotopic (exact) mass is 332 g/mol. The molecule has 0 N–H and O–H groups in total. The molecule has 0 aliphatic carbocycles. The molecule has 1 heterocycles. The van der Waals surface area contributed by atoms with Gasteiger partial charge in [0.05, 0.1) is 9.31 Å². The summed E-state index contributed by atoms with van der Waals surface area (Å²) in [5.41, 5.74) is 0. The molecule has 0 amide bonds. The summed E-state index contributed by atoms with van der Waals surface area (Å²) < 4.78 is 5.29. The third-order valence-corrected chi connectivity index (χ3v) is 3.77. The Labute approximate surface area is 83.4 Å². The SMILES string of the molecule is O=C1O[C@H](Br)[C@@H](Br)C=C1Br. The zero-order valence-corrected chi connectivity index (χ0v) is 9.44. The van der Waals surface area contributed by atoms with Crippen molar-refractivity contribution in [2.24, 2.45) is 0 Å². The van der Waals surface area contributed by atoms with Crippen LogP contribution in [0.3, 0.4) is 0 Å². The van der Waals surface area contributed by atoms with E-state index in [1.54, 1.807) is 6.08 Å². The van der Waals surface area contributed by atoms with Gasteiger partial charge in [0.15, 0.2) is 5.01 Å². The second kappa shape index (κ2) is 3.36. The molecule has 0 unspecified atom stereocenters. The first-order valence-corrected chi connectivity index (χ1v) is 5.10. The van der Waals surface area contributed by atoms with E-state index in [9.17, 15) is 4.79 Å². The first kappa shape index (κ1) is 8.74. The summed E-state index contributed by atoms with van der Waals surface area (Å²) in [6, 6.07) is 0. The molecular formula is C5H3Br3O2. The molecule has 2 atom stereocenters. The van der Waals surface area contributed by atoms with Crippen LogP contribution in [-0.2, 0) is 9.53 Å².